The van der Waals surface area contributed by atoms with Gasteiger partial charge in [-0.15, -0.1) is 0 Å². The minimum Gasteiger partial charge on any atom is -0.497 e. The molecule has 1 fully saturated rings. The number of piperidine rings is 1. The monoisotopic (exact) mass is 720 g/mol. The summed E-state index contributed by atoms with van der Waals surface area (Å²) in [7, 11) is -1.82. The lowest BCUT2D eigenvalue weighted by molar-refractivity contribution is -0.280. The van der Waals surface area contributed by atoms with E-state index in [9.17, 15) is 31.1 Å². The van der Waals surface area contributed by atoms with Gasteiger partial charge in [0, 0.05) is 67.0 Å². The molecule has 1 aromatic heterocycles. The van der Waals surface area contributed by atoms with Crippen molar-refractivity contribution in [3.8, 4) is 17.2 Å². The van der Waals surface area contributed by atoms with Crippen molar-refractivity contribution in [3.05, 3.63) is 102 Å². The van der Waals surface area contributed by atoms with Gasteiger partial charge in [0.15, 0.2) is 5.60 Å². The van der Waals surface area contributed by atoms with E-state index in [1.807, 2.05) is 0 Å². The van der Waals surface area contributed by atoms with Gasteiger partial charge in [0.1, 0.15) is 45.9 Å². The Bertz CT molecular complexity index is 1950. The number of anilines is 1. The molecule has 50 heavy (non-hydrogen) atoms. The highest BCUT2D eigenvalue weighted by Crippen LogP contribution is 2.50. The number of benzene rings is 3. The normalized spacial score (nSPS) is 21.2. The third kappa shape index (κ3) is 6.66. The standard InChI is InChI=1S/C34H33F5N4O6S/c1-47-24-8-5-22(29(15-24)48-2)19-43(32-9-12-40-20-41-32)50(45,46)31-17-30-25(16-26(31)36)27(10-14-49-30)42-13-11-33(44,34(37,38)39)18-28(42)21-3-6-23(35)7-4-21/h3-9,12,15-17,20,27-28,44H,10-11,13-14,18-19H2,1-2H3/t27-,28+,33+/m1/s1. The van der Waals surface area contributed by atoms with E-state index in [4.69, 9.17) is 14.2 Å². The molecule has 266 valence electrons. The van der Waals surface area contributed by atoms with Gasteiger partial charge in [-0.1, -0.05) is 12.1 Å². The summed E-state index contributed by atoms with van der Waals surface area (Å²) in [6.07, 6.45) is -3.61. The van der Waals surface area contributed by atoms with Gasteiger partial charge in [0.2, 0.25) is 0 Å². The smallest absolute Gasteiger partial charge is 0.417 e. The van der Waals surface area contributed by atoms with Crippen molar-refractivity contribution < 1.29 is 49.7 Å². The van der Waals surface area contributed by atoms with E-state index >= 15 is 4.39 Å². The number of hydrogen-bond donors (Lipinski definition) is 1. The molecule has 3 aromatic carbocycles. The Hall–Kier alpha value is -4.54. The number of halogens is 5. The molecule has 6 rings (SSSR count). The predicted octanol–water partition coefficient (Wildman–Crippen LogP) is 6.12. The molecule has 0 amide bonds. The van der Waals surface area contributed by atoms with E-state index in [2.05, 4.69) is 9.97 Å². The number of alkyl halides is 3. The lowest BCUT2D eigenvalue weighted by Gasteiger charge is -2.48. The molecule has 2 aliphatic rings. The zero-order chi connectivity index (χ0) is 35.8. The van der Waals surface area contributed by atoms with Crippen LogP contribution in [0.3, 0.4) is 0 Å². The molecular formula is C34H33F5N4O6S. The number of ether oxygens (including phenoxy) is 3. The molecule has 0 aliphatic carbocycles. The van der Waals surface area contributed by atoms with Crippen molar-refractivity contribution in [1.82, 2.24) is 14.9 Å². The van der Waals surface area contributed by atoms with Crippen LogP contribution in [0.25, 0.3) is 0 Å². The van der Waals surface area contributed by atoms with Crippen LogP contribution in [-0.2, 0) is 16.6 Å². The highest BCUT2D eigenvalue weighted by Gasteiger charge is 2.57. The Balaban J connectivity index is 1.39. The second-order valence-electron chi connectivity index (χ2n) is 12.0. The summed E-state index contributed by atoms with van der Waals surface area (Å²) in [5.41, 5.74) is -2.03. The second kappa shape index (κ2) is 13.6. The molecule has 3 heterocycles. The highest BCUT2D eigenvalue weighted by molar-refractivity contribution is 7.92. The number of likely N-dealkylation sites (tertiary alicyclic amines) is 1. The molecule has 4 aromatic rings. The Morgan fingerprint density at radius 1 is 1.04 bits per heavy atom. The van der Waals surface area contributed by atoms with Gasteiger partial charge in [-0.3, -0.25) is 4.90 Å². The van der Waals surface area contributed by atoms with Gasteiger partial charge in [-0.2, -0.15) is 13.2 Å². The van der Waals surface area contributed by atoms with Crippen molar-refractivity contribution in [2.24, 2.45) is 0 Å². The van der Waals surface area contributed by atoms with Crippen LogP contribution in [0.2, 0.25) is 0 Å². The number of hydrogen-bond acceptors (Lipinski definition) is 9. The summed E-state index contributed by atoms with van der Waals surface area (Å²) in [5, 5.41) is 10.7. The van der Waals surface area contributed by atoms with Crippen LogP contribution in [0, 0.1) is 11.6 Å². The lowest BCUT2D eigenvalue weighted by Crippen LogP contribution is -2.55. The van der Waals surface area contributed by atoms with Gasteiger partial charge in [0.05, 0.1) is 27.4 Å². The third-order valence-corrected chi connectivity index (χ3v) is 10.9. The Morgan fingerprint density at radius 3 is 2.46 bits per heavy atom. The average molecular weight is 721 g/mol. The quantitative estimate of drug-likeness (QED) is 0.204. The number of aliphatic hydroxyl groups is 1. The highest BCUT2D eigenvalue weighted by atomic mass is 32.2. The minimum atomic E-state index is -4.92. The summed E-state index contributed by atoms with van der Waals surface area (Å²) in [4.78, 5) is 8.94. The minimum absolute atomic E-state index is 0.0282. The number of rotatable bonds is 9. The maximum Gasteiger partial charge on any atom is 0.417 e. The van der Waals surface area contributed by atoms with Crippen molar-refractivity contribution >= 4 is 15.8 Å². The molecule has 0 unspecified atom stereocenters. The molecular weight excluding hydrogens is 687 g/mol. The van der Waals surface area contributed by atoms with Crippen LogP contribution >= 0.6 is 0 Å². The molecule has 10 nitrogen and oxygen atoms in total. The predicted molar refractivity (Wildman–Crippen MR) is 170 cm³/mol. The van der Waals surface area contributed by atoms with Gasteiger partial charge in [-0.25, -0.2) is 31.5 Å². The Labute approximate surface area is 285 Å². The number of nitrogens with zero attached hydrogens (tertiary/aromatic N) is 4. The van der Waals surface area contributed by atoms with E-state index in [1.54, 1.807) is 23.1 Å². The maximum absolute atomic E-state index is 16.2. The first-order valence-corrected chi connectivity index (χ1v) is 17.0. The van der Waals surface area contributed by atoms with E-state index < -0.39 is 63.3 Å². The van der Waals surface area contributed by atoms with Crippen LogP contribution < -0.4 is 18.5 Å². The van der Waals surface area contributed by atoms with E-state index in [0.717, 1.165) is 34.9 Å². The topological polar surface area (TPSA) is 114 Å². The number of fused-ring (bicyclic) bond motifs is 1. The molecule has 1 N–H and O–H groups in total. The molecule has 0 saturated carbocycles. The SMILES string of the molecule is COc1ccc(CN(c2ccncn2)S(=O)(=O)c2cc3c(cc2F)[C@H](N2CC[C@@](O)(C(F)(F)F)C[C@H]2c2ccc(F)cc2)CCO3)c(OC)c1. The van der Waals surface area contributed by atoms with Gasteiger partial charge < -0.3 is 19.3 Å². The summed E-state index contributed by atoms with van der Waals surface area (Å²) in [5.74, 6) is -0.960. The molecule has 0 spiro atoms. The first-order chi connectivity index (χ1) is 23.8. The van der Waals surface area contributed by atoms with E-state index in [0.29, 0.717) is 22.6 Å². The molecule has 2 aliphatic heterocycles. The fourth-order valence-corrected chi connectivity index (χ4v) is 7.99. The molecule has 0 bridgehead atoms. The van der Waals surface area contributed by atoms with Crippen LogP contribution in [0.1, 0.15) is 48.0 Å². The zero-order valence-corrected chi connectivity index (χ0v) is 27.7. The third-order valence-electron chi connectivity index (χ3n) is 9.17. The second-order valence-corrected chi connectivity index (χ2v) is 13.8. The van der Waals surface area contributed by atoms with Crippen molar-refractivity contribution in [1.29, 1.82) is 0 Å². The van der Waals surface area contributed by atoms with Gasteiger partial charge in [0.25, 0.3) is 10.0 Å². The Morgan fingerprint density at radius 2 is 1.80 bits per heavy atom. The zero-order valence-electron chi connectivity index (χ0n) is 26.9. The van der Waals surface area contributed by atoms with Crippen LogP contribution in [0.15, 0.2) is 78.1 Å². The van der Waals surface area contributed by atoms with Crippen LogP contribution in [-0.4, -0.2) is 67.5 Å². The summed E-state index contributed by atoms with van der Waals surface area (Å²) in [6.45, 7) is -0.519. The fraction of sp³-hybridized carbons (Fsp3) is 0.353. The summed E-state index contributed by atoms with van der Waals surface area (Å²) >= 11 is 0. The van der Waals surface area contributed by atoms with Crippen LogP contribution in [0.4, 0.5) is 27.8 Å². The van der Waals surface area contributed by atoms with E-state index in [-0.39, 0.29) is 43.2 Å². The Kier molecular flexibility index (Phi) is 9.63. The number of sulfonamides is 1. The van der Waals surface area contributed by atoms with Crippen molar-refractivity contribution in [2.75, 3.05) is 31.7 Å². The first-order valence-electron chi connectivity index (χ1n) is 15.5. The summed E-state index contributed by atoms with van der Waals surface area (Å²) in [6, 6.07) is 11.4. The van der Waals surface area contributed by atoms with Gasteiger partial charge >= 0.3 is 6.18 Å². The van der Waals surface area contributed by atoms with Crippen LogP contribution in [0.5, 0.6) is 17.2 Å². The summed E-state index contributed by atoms with van der Waals surface area (Å²) < 4.78 is 118. The number of aromatic nitrogens is 2. The average Bonchev–Trinajstić information content (AvgIpc) is 3.10. The fourth-order valence-electron chi connectivity index (χ4n) is 6.52. The maximum atomic E-state index is 16.2. The number of methoxy groups -OCH3 is 2. The molecule has 0 radical (unpaired) electrons. The molecule has 16 heteroatoms. The largest absolute Gasteiger partial charge is 0.497 e. The first kappa shape index (κ1) is 35.3. The van der Waals surface area contributed by atoms with Crippen molar-refractivity contribution in [2.45, 2.75) is 54.6 Å². The van der Waals surface area contributed by atoms with Crippen molar-refractivity contribution in [3.63, 3.8) is 0 Å². The molecule has 3 atom stereocenters. The molecule has 1 saturated heterocycles. The van der Waals surface area contributed by atoms with Gasteiger partial charge in [-0.05, 0) is 42.3 Å². The lowest BCUT2D eigenvalue weighted by atomic mass is 9.81. The van der Waals surface area contributed by atoms with E-state index in [1.165, 1.54) is 38.6 Å².